The lowest BCUT2D eigenvalue weighted by molar-refractivity contribution is -0.120. The average Bonchev–Trinajstić information content (AvgIpc) is 2.93. The standard InChI is InChI=1S/C29H45N5O3S/c1-3-37-23-11-9-22(10-12-23)33-25(35)18-38-29-24(17-30)27(20-13-15-31-16-14-20)26(19(2)32-29)28(36)34-21-7-5-4-6-8-21/h20-23,27,31-32H,3-16,18H2,1-2H3,(H,33,35)(H,34,36). The Morgan fingerprint density at radius 2 is 1.68 bits per heavy atom. The number of piperidine rings is 1. The molecule has 0 radical (unpaired) electrons. The van der Waals surface area contributed by atoms with Crippen molar-refractivity contribution < 1.29 is 14.3 Å². The first-order valence-electron chi connectivity index (χ1n) is 14.7. The third-order valence-electron chi connectivity index (χ3n) is 8.52. The Kier molecular flexibility index (Phi) is 11.0. The molecule has 38 heavy (non-hydrogen) atoms. The first kappa shape index (κ1) is 29.0. The van der Waals surface area contributed by atoms with Crippen molar-refractivity contribution in [1.82, 2.24) is 21.3 Å². The van der Waals surface area contributed by atoms with Crippen LogP contribution in [-0.2, 0) is 14.3 Å². The molecule has 2 amide bonds. The minimum Gasteiger partial charge on any atom is -0.379 e. The Balaban J connectivity index is 1.43. The molecule has 2 aliphatic heterocycles. The number of amides is 2. The van der Waals surface area contributed by atoms with E-state index in [1.54, 1.807) is 0 Å². The van der Waals surface area contributed by atoms with Gasteiger partial charge in [-0.3, -0.25) is 9.59 Å². The van der Waals surface area contributed by atoms with Gasteiger partial charge in [0.2, 0.25) is 11.8 Å². The van der Waals surface area contributed by atoms with Crippen molar-refractivity contribution in [3.63, 3.8) is 0 Å². The molecular weight excluding hydrogens is 498 g/mol. The van der Waals surface area contributed by atoms with E-state index in [0.717, 1.165) is 94.6 Å². The van der Waals surface area contributed by atoms with Crippen molar-refractivity contribution in [2.75, 3.05) is 25.4 Å². The van der Waals surface area contributed by atoms with Gasteiger partial charge in [-0.25, -0.2) is 0 Å². The summed E-state index contributed by atoms with van der Waals surface area (Å²) < 4.78 is 5.73. The molecule has 2 heterocycles. The van der Waals surface area contributed by atoms with Crippen molar-refractivity contribution in [3.05, 3.63) is 21.9 Å². The number of thioether (sulfide) groups is 1. The molecule has 0 spiro atoms. The molecule has 8 nitrogen and oxygen atoms in total. The van der Waals surface area contributed by atoms with Crippen LogP contribution in [0.2, 0.25) is 0 Å². The number of hydrogen-bond acceptors (Lipinski definition) is 7. The summed E-state index contributed by atoms with van der Waals surface area (Å²) in [5, 5.41) is 24.3. The van der Waals surface area contributed by atoms with E-state index in [1.807, 2.05) is 13.8 Å². The quantitative estimate of drug-likeness (QED) is 0.349. The largest absolute Gasteiger partial charge is 0.379 e. The Morgan fingerprint density at radius 3 is 2.34 bits per heavy atom. The predicted molar refractivity (Wildman–Crippen MR) is 151 cm³/mol. The van der Waals surface area contributed by atoms with Crippen LogP contribution < -0.4 is 21.3 Å². The molecule has 4 aliphatic rings. The van der Waals surface area contributed by atoms with E-state index in [4.69, 9.17) is 4.74 Å². The molecular formula is C29H45N5O3S. The highest BCUT2D eigenvalue weighted by Gasteiger charge is 2.39. The molecule has 3 fully saturated rings. The molecule has 0 aromatic carbocycles. The fourth-order valence-electron chi connectivity index (χ4n) is 6.55. The number of ether oxygens (including phenoxy) is 1. The van der Waals surface area contributed by atoms with Crippen molar-refractivity contribution >= 4 is 23.6 Å². The van der Waals surface area contributed by atoms with E-state index in [0.29, 0.717) is 17.3 Å². The number of nitriles is 1. The summed E-state index contributed by atoms with van der Waals surface area (Å²) in [5.41, 5.74) is 2.11. The van der Waals surface area contributed by atoms with Crippen LogP contribution in [0.3, 0.4) is 0 Å². The van der Waals surface area contributed by atoms with Gasteiger partial charge in [0, 0.05) is 35.9 Å². The van der Waals surface area contributed by atoms with Crippen LogP contribution in [0.5, 0.6) is 0 Å². The Labute approximate surface area is 232 Å². The van der Waals surface area contributed by atoms with E-state index < -0.39 is 0 Å². The SMILES string of the molecule is CCOC1CCC(NC(=O)CSC2=C(C#N)C(C3CCNCC3)C(C(=O)NC3CCCCC3)=C(C)N2)CC1. The summed E-state index contributed by atoms with van der Waals surface area (Å²) in [7, 11) is 0. The van der Waals surface area contributed by atoms with Crippen LogP contribution in [0.1, 0.15) is 84.5 Å². The smallest absolute Gasteiger partial charge is 0.249 e. The summed E-state index contributed by atoms with van der Waals surface area (Å²) in [5.74, 6) is 0.172. The molecule has 210 valence electrons. The van der Waals surface area contributed by atoms with Gasteiger partial charge in [-0.1, -0.05) is 31.0 Å². The highest BCUT2D eigenvalue weighted by molar-refractivity contribution is 8.03. The summed E-state index contributed by atoms with van der Waals surface area (Å²) in [6, 6.07) is 2.84. The number of allylic oxidation sites excluding steroid dienone is 2. The second kappa shape index (κ2) is 14.4. The first-order chi connectivity index (χ1) is 18.5. The van der Waals surface area contributed by atoms with Gasteiger partial charge in [0.25, 0.3) is 0 Å². The number of carbonyl (C=O) groups excluding carboxylic acids is 2. The molecule has 2 aliphatic carbocycles. The summed E-state index contributed by atoms with van der Waals surface area (Å²) in [4.78, 5) is 26.4. The van der Waals surface area contributed by atoms with Crippen LogP contribution >= 0.6 is 11.8 Å². The lowest BCUT2D eigenvalue weighted by atomic mass is 9.74. The van der Waals surface area contributed by atoms with Crippen LogP contribution in [0.4, 0.5) is 0 Å². The number of nitrogens with zero attached hydrogens (tertiary/aromatic N) is 1. The summed E-state index contributed by atoms with van der Waals surface area (Å²) in [6.07, 6.45) is 11.6. The second-order valence-electron chi connectivity index (χ2n) is 11.2. The Hall–Kier alpha value is -2.02. The maximum absolute atomic E-state index is 13.6. The van der Waals surface area contributed by atoms with Gasteiger partial charge in [0.15, 0.2) is 0 Å². The molecule has 0 aromatic rings. The van der Waals surface area contributed by atoms with Crippen molar-refractivity contribution in [3.8, 4) is 6.07 Å². The average molecular weight is 544 g/mol. The second-order valence-corrected chi connectivity index (χ2v) is 12.2. The van der Waals surface area contributed by atoms with E-state index in [-0.39, 0.29) is 41.5 Å². The predicted octanol–water partition coefficient (Wildman–Crippen LogP) is 3.86. The first-order valence-corrected chi connectivity index (χ1v) is 15.7. The van der Waals surface area contributed by atoms with E-state index in [2.05, 4.69) is 27.3 Å². The molecule has 0 aromatic heterocycles. The van der Waals surface area contributed by atoms with Crippen molar-refractivity contribution in [2.24, 2.45) is 11.8 Å². The monoisotopic (exact) mass is 543 g/mol. The number of carbonyl (C=O) groups is 2. The molecule has 1 atom stereocenters. The third kappa shape index (κ3) is 7.55. The maximum atomic E-state index is 13.6. The fourth-order valence-corrected chi connectivity index (χ4v) is 7.46. The van der Waals surface area contributed by atoms with Gasteiger partial charge >= 0.3 is 0 Å². The molecule has 2 saturated carbocycles. The minimum atomic E-state index is -0.244. The van der Waals surface area contributed by atoms with Gasteiger partial charge in [-0.05, 0) is 84.2 Å². The van der Waals surface area contributed by atoms with Gasteiger partial charge < -0.3 is 26.0 Å². The fraction of sp³-hybridized carbons (Fsp3) is 0.759. The molecule has 1 unspecified atom stereocenters. The molecule has 9 heteroatoms. The Bertz CT molecular complexity index is 938. The number of rotatable bonds is 9. The molecule has 0 bridgehead atoms. The van der Waals surface area contributed by atoms with Gasteiger partial charge in [-0.2, -0.15) is 5.26 Å². The van der Waals surface area contributed by atoms with E-state index in [1.165, 1.54) is 18.2 Å². The zero-order chi connectivity index (χ0) is 26.9. The maximum Gasteiger partial charge on any atom is 0.249 e. The zero-order valence-corrected chi connectivity index (χ0v) is 23.9. The van der Waals surface area contributed by atoms with E-state index >= 15 is 0 Å². The van der Waals surface area contributed by atoms with Crippen molar-refractivity contribution in [1.29, 1.82) is 5.26 Å². The minimum absolute atomic E-state index is 0.0117. The molecule has 4 N–H and O–H groups in total. The molecule has 4 rings (SSSR count). The van der Waals surface area contributed by atoms with Crippen LogP contribution in [0.15, 0.2) is 21.9 Å². The number of hydrogen-bond donors (Lipinski definition) is 4. The topological polar surface area (TPSA) is 115 Å². The van der Waals surface area contributed by atoms with Gasteiger partial charge in [0.1, 0.15) is 0 Å². The third-order valence-corrected chi connectivity index (χ3v) is 9.54. The number of nitrogens with one attached hydrogen (secondary N) is 4. The summed E-state index contributed by atoms with van der Waals surface area (Å²) in [6.45, 7) is 6.47. The highest BCUT2D eigenvalue weighted by atomic mass is 32.2. The van der Waals surface area contributed by atoms with Crippen LogP contribution in [0.25, 0.3) is 0 Å². The van der Waals surface area contributed by atoms with Gasteiger partial charge in [0.05, 0.1) is 28.5 Å². The molecule has 1 saturated heterocycles. The van der Waals surface area contributed by atoms with Crippen LogP contribution in [0, 0.1) is 23.2 Å². The zero-order valence-electron chi connectivity index (χ0n) is 23.1. The van der Waals surface area contributed by atoms with Crippen molar-refractivity contribution in [2.45, 2.75) is 103 Å². The Morgan fingerprint density at radius 1 is 1.00 bits per heavy atom. The number of dihydropyridines is 1. The normalized spacial score (nSPS) is 27.4. The van der Waals surface area contributed by atoms with E-state index in [9.17, 15) is 14.9 Å². The van der Waals surface area contributed by atoms with Gasteiger partial charge in [-0.15, -0.1) is 0 Å². The van der Waals surface area contributed by atoms with Crippen LogP contribution in [-0.4, -0.2) is 55.5 Å². The highest BCUT2D eigenvalue weighted by Crippen LogP contribution is 2.41. The lowest BCUT2D eigenvalue weighted by Crippen LogP contribution is -2.44. The summed E-state index contributed by atoms with van der Waals surface area (Å²) >= 11 is 1.38. The lowest BCUT2D eigenvalue weighted by Gasteiger charge is -2.37.